The van der Waals surface area contributed by atoms with E-state index < -0.39 is 0 Å². The van der Waals surface area contributed by atoms with E-state index in [-0.39, 0.29) is 24.2 Å². The summed E-state index contributed by atoms with van der Waals surface area (Å²) in [6, 6.07) is 7.16. The zero-order valence-corrected chi connectivity index (χ0v) is 11.6. The Bertz CT molecular complexity index is 694. The van der Waals surface area contributed by atoms with Gasteiger partial charge in [-0.2, -0.15) is 0 Å². The van der Waals surface area contributed by atoms with Crippen LogP contribution in [0.5, 0.6) is 0 Å². The number of hydrogen-bond donors (Lipinski definition) is 2. The number of carbonyl (C=O) groups excluding carboxylic acids is 2. The molecule has 0 saturated carbocycles. The molecule has 0 radical (unpaired) electrons. The normalized spacial score (nSPS) is 13.8. The highest BCUT2D eigenvalue weighted by Crippen LogP contribution is 2.29. The molecule has 0 bridgehead atoms. The van der Waals surface area contributed by atoms with Crippen LogP contribution in [-0.4, -0.2) is 33.5 Å². The molecule has 0 unspecified atom stereocenters. The van der Waals surface area contributed by atoms with Gasteiger partial charge in [-0.1, -0.05) is 19.1 Å². The number of para-hydroxylation sites is 2. The van der Waals surface area contributed by atoms with Crippen molar-refractivity contribution in [2.45, 2.75) is 19.8 Å². The van der Waals surface area contributed by atoms with E-state index in [1.807, 2.05) is 13.0 Å². The standard InChI is InChI=1S/C14H15N5O2/c1-2-5-11-16-13(18-17-11)14(21)19-8-12(20)15-9-6-3-4-7-10(9)19/h3-4,6-7H,2,5,8H2,1H3,(H,15,20)(H,16,17,18). The number of rotatable bonds is 3. The van der Waals surface area contributed by atoms with Crippen molar-refractivity contribution in [1.29, 1.82) is 0 Å². The van der Waals surface area contributed by atoms with Gasteiger partial charge in [-0.25, -0.2) is 4.98 Å². The molecule has 1 aromatic heterocycles. The van der Waals surface area contributed by atoms with Crippen molar-refractivity contribution in [2.75, 3.05) is 16.8 Å². The number of amides is 2. The summed E-state index contributed by atoms with van der Waals surface area (Å²) in [5.41, 5.74) is 1.27. The number of aromatic amines is 1. The summed E-state index contributed by atoms with van der Waals surface area (Å²) in [6.07, 6.45) is 1.65. The van der Waals surface area contributed by atoms with Crippen LogP contribution in [0.4, 0.5) is 11.4 Å². The highest BCUT2D eigenvalue weighted by atomic mass is 16.2. The highest BCUT2D eigenvalue weighted by Gasteiger charge is 2.29. The fraction of sp³-hybridized carbons (Fsp3) is 0.286. The smallest absolute Gasteiger partial charge is 0.298 e. The van der Waals surface area contributed by atoms with Crippen LogP contribution in [0.2, 0.25) is 0 Å². The Hall–Kier alpha value is -2.70. The van der Waals surface area contributed by atoms with E-state index in [9.17, 15) is 9.59 Å². The first-order valence-electron chi connectivity index (χ1n) is 6.81. The Morgan fingerprint density at radius 3 is 3.00 bits per heavy atom. The molecule has 2 amide bonds. The number of nitrogens with one attached hydrogen (secondary N) is 2. The molecule has 7 heteroatoms. The maximum Gasteiger partial charge on any atom is 0.298 e. The van der Waals surface area contributed by atoms with Crippen LogP contribution in [0.1, 0.15) is 29.8 Å². The van der Waals surface area contributed by atoms with Crippen molar-refractivity contribution in [3.05, 3.63) is 35.9 Å². The van der Waals surface area contributed by atoms with Crippen LogP contribution >= 0.6 is 0 Å². The Balaban J connectivity index is 1.92. The van der Waals surface area contributed by atoms with Crippen molar-refractivity contribution in [1.82, 2.24) is 15.2 Å². The average Bonchev–Trinajstić information content (AvgIpc) is 2.94. The minimum atomic E-state index is -0.379. The molecule has 2 aromatic rings. The molecule has 2 heterocycles. The molecular weight excluding hydrogens is 270 g/mol. The summed E-state index contributed by atoms with van der Waals surface area (Å²) >= 11 is 0. The number of benzene rings is 1. The van der Waals surface area contributed by atoms with Gasteiger partial charge in [-0.3, -0.25) is 19.6 Å². The molecule has 1 aliphatic heterocycles. The van der Waals surface area contributed by atoms with E-state index in [0.29, 0.717) is 17.2 Å². The van der Waals surface area contributed by atoms with Gasteiger partial charge in [0.05, 0.1) is 11.4 Å². The Morgan fingerprint density at radius 2 is 2.19 bits per heavy atom. The molecule has 3 rings (SSSR count). The number of H-pyrrole nitrogens is 1. The van der Waals surface area contributed by atoms with Crippen LogP contribution < -0.4 is 10.2 Å². The molecule has 108 valence electrons. The van der Waals surface area contributed by atoms with Gasteiger partial charge in [0.2, 0.25) is 11.7 Å². The van der Waals surface area contributed by atoms with Gasteiger partial charge in [-0.15, -0.1) is 5.10 Å². The second-order valence-electron chi connectivity index (χ2n) is 4.81. The molecule has 7 nitrogen and oxygen atoms in total. The number of nitrogens with zero attached hydrogens (tertiary/aromatic N) is 3. The number of aryl methyl sites for hydroxylation is 1. The molecule has 0 fully saturated rings. The van der Waals surface area contributed by atoms with E-state index in [2.05, 4.69) is 20.5 Å². The minimum absolute atomic E-state index is 0.0342. The number of fused-ring (bicyclic) bond motifs is 1. The molecule has 21 heavy (non-hydrogen) atoms. The number of anilines is 2. The van der Waals surface area contributed by atoms with Crippen molar-refractivity contribution in [2.24, 2.45) is 0 Å². The predicted octanol–water partition coefficient (Wildman–Crippen LogP) is 1.36. The average molecular weight is 285 g/mol. The van der Waals surface area contributed by atoms with E-state index >= 15 is 0 Å². The lowest BCUT2D eigenvalue weighted by molar-refractivity contribution is -0.115. The van der Waals surface area contributed by atoms with E-state index in [1.165, 1.54) is 4.90 Å². The third-order valence-corrected chi connectivity index (χ3v) is 3.23. The maximum atomic E-state index is 12.5. The molecule has 1 aliphatic rings. The van der Waals surface area contributed by atoms with Crippen LogP contribution in [-0.2, 0) is 11.2 Å². The van der Waals surface area contributed by atoms with Crippen LogP contribution in [0, 0.1) is 0 Å². The quantitative estimate of drug-likeness (QED) is 0.890. The number of hydrogen-bond acceptors (Lipinski definition) is 4. The zero-order valence-electron chi connectivity index (χ0n) is 11.6. The molecular formula is C14H15N5O2. The van der Waals surface area contributed by atoms with Crippen molar-refractivity contribution in [3.8, 4) is 0 Å². The summed E-state index contributed by atoms with van der Waals surface area (Å²) in [5, 5.41) is 9.44. The molecule has 0 atom stereocenters. The summed E-state index contributed by atoms with van der Waals surface area (Å²) in [5.74, 6) is 0.154. The second kappa shape index (κ2) is 5.35. The van der Waals surface area contributed by atoms with Gasteiger partial charge in [0.15, 0.2) is 0 Å². The van der Waals surface area contributed by atoms with Crippen LogP contribution in [0.25, 0.3) is 0 Å². The fourth-order valence-electron chi connectivity index (χ4n) is 2.27. The number of carbonyl (C=O) groups is 2. The zero-order chi connectivity index (χ0) is 14.8. The topological polar surface area (TPSA) is 91.0 Å². The largest absolute Gasteiger partial charge is 0.323 e. The maximum absolute atomic E-state index is 12.5. The molecule has 1 aromatic carbocycles. The fourth-order valence-corrected chi connectivity index (χ4v) is 2.27. The summed E-state index contributed by atoms with van der Waals surface area (Å²) in [4.78, 5) is 29.8. The van der Waals surface area contributed by atoms with Crippen LogP contribution in [0.15, 0.2) is 24.3 Å². The lowest BCUT2D eigenvalue weighted by Gasteiger charge is -2.28. The Kier molecular flexibility index (Phi) is 3.39. The molecule has 0 spiro atoms. The molecule has 2 N–H and O–H groups in total. The van der Waals surface area contributed by atoms with E-state index in [0.717, 1.165) is 12.8 Å². The second-order valence-corrected chi connectivity index (χ2v) is 4.81. The monoisotopic (exact) mass is 285 g/mol. The van der Waals surface area contributed by atoms with Gasteiger partial charge in [-0.05, 0) is 18.6 Å². The van der Waals surface area contributed by atoms with Gasteiger partial charge < -0.3 is 5.32 Å². The van der Waals surface area contributed by atoms with Crippen molar-refractivity contribution >= 4 is 23.2 Å². The number of aromatic nitrogens is 3. The third kappa shape index (κ3) is 2.49. The third-order valence-electron chi connectivity index (χ3n) is 3.23. The summed E-state index contributed by atoms with van der Waals surface area (Å²) < 4.78 is 0. The SMILES string of the molecule is CCCc1nc(C(=O)N2CC(=O)Nc3ccccc32)n[nH]1. The van der Waals surface area contributed by atoms with E-state index in [1.54, 1.807) is 18.2 Å². The lowest BCUT2D eigenvalue weighted by Crippen LogP contribution is -2.42. The van der Waals surface area contributed by atoms with Crippen molar-refractivity contribution in [3.63, 3.8) is 0 Å². The van der Waals surface area contributed by atoms with Crippen molar-refractivity contribution < 1.29 is 9.59 Å². The lowest BCUT2D eigenvalue weighted by atomic mass is 10.2. The Labute approximate surface area is 121 Å². The molecule has 0 saturated heterocycles. The van der Waals surface area contributed by atoms with Gasteiger partial charge in [0.25, 0.3) is 5.91 Å². The Morgan fingerprint density at radius 1 is 1.38 bits per heavy atom. The van der Waals surface area contributed by atoms with Crippen LogP contribution in [0.3, 0.4) is 0 Å². The first-order valence-corrected chi connectivity index (χ1v) is 6.81. The van der Waals surface area contributed by atoms with Gasteiger partial charge in [0, 0.05) is 6.42 Å². The summed E-state index contributed by atoms with van der Waals surface area (Å²) in [7, 11) is 0. The van der Waals surface area contributed by atoms with E-state index in [4.69, 9.17) is 0 Å². The van der Waals surface area contributed by atoms with Gasteiger partial charge in [0.1, 0.15) is 12.4 Å². The predicted molar refractivity (Wildman–Crippen MR) is 77.1 cm³/mol. The minimum Gasteiger partial charge on any atom is -0.323 e. The first-order chi connectivity index (χ1) is 10.2. The first kappa shape index (κ1) is 13.3. The van der Waals surface area contributed by atoms with Gasteiger partial charge >= 0.3 is 0 Å². The summed E-state index contributed by atoms with van der Waals surface area (Å²) in [6.45, 7) is 1.99. The highest BCUT2D eigenvalue weighted by molar-refractivity contribution is 6.13. The molecule has 0 aliphatic carbocycles.